The van der Waals surface area contributed by atoms with E-state index in [0.29, 0.717) is 17.9 Å². The minimum Gasteiger partial charge on any atom is -0.352 e. The van der Waals surface area contributed by atoms with Gasteiger partial charge in [-0.2, -0.15) is 0 Å². The Morgan fingerprint density at radius 2 is 1.93 bits per heavy atom. The van der Waals surface area contributed by atoms with Crippen LogP contribution in [0.3, 0.4) is 0 Å². The summed E-state index contributed by atoms with van der Waals surface area (Å²) in [6, 6.07) is 16.3. The van der Waals surface area contributed by atoms with Crippen LogP contribution >= 0.6 is 11.8 Å². The van der Waals surface area contributed by atoms with Gasteiger partial charge in [0.15, 0.2) is 0 Å². The quantitative estimate of drug-likeness (QED) is 0.665. The van der Waals surface area contributed by atoms with Crippen molar-refractivity contribution in [2.45, 2.75) is 30.6 Å². The molecule has 2 aromatic rings. The molecule has 0 aliphatic carbocycles. The number of nitrogens with one attached hydrogen (secondary N) is 2. The van der Waals surface area contributed by atoms with Gasteiger partial charge in [0, 0.05) is 17.0 Å². The van der Waals surface area contributed by atoms with Crippen LogP contribution in [-0.2, 0) is 11.2 Å². The first kappa shape index (κ1) is 20.9. The zero-order chi connectivity index (χ0) is 20.8. The summed E-state index contributed by atoms with van der Waals surface area (Å²) >= 11 is 1.51. The Morgan fingerprint density at radius 1 is 1.13 bits per heavy atom. The van der Waals surface area contributed by atoms with Gasteiger partial charge in [0.1, 0.15) is 0 Å². The molecule has 0 spiro atoms. The number of nitrogens with zero attached hydrogens (tertiary/aromatic N) is 1. The zero-order valence-electron chi connectivity index (χ0n) is 17.2. The van der Waals surface area contributed by atoms with Crippen molar-refractivity contribution >= 4 is 29.3 Å². The molecule has 2 amide bonds. The molecule has 2 aromatic carbocycles. The number of carbonyl (C=O) groups excluding carboxylic acids is 2. The van der Waals surface area contributed by atoms with Crippen LogP contribution in [0.5, 0.6) is 0 Å². The third-order valence-corrected chi connectivity index (χ3v) is 6.96. The summed E-state index contributed by atoms with van der Waals surface area (Å²) in [5.74, 6) is 1.12. The van der Waals surface area contributed by atoms with Gasteiger partial charge in [0.05, 0.1) is 11.4 Å². The van der Waals surface area contributed by atoms with Gasteiger partial charge >= 0.3 is 0 Å². The summed E-state index contributed by atoms with van der Waals surface area (Å²) < 4.78 is 0. The van der Waals surface area contributed by atoms with E-state index in [9.17, 15) is 9.59 Å². The molecule has 1 saturated heterocycles. The maximum Gasteiger partial charge on any atom is 0.251 e. The normalized spacial score (nSPS) is 17.3. The molecular weight excluding hydrogens is 394 g/mol. The molecule has 4 rings (SSSR count). The van der Waals surface area contributed by atoms with Gasteiger partial charge in [0.25, 0.3) is 5.91 Å². The maximum absolute atomic E-state index is 12.4. The van der Waals surface area contributed by atoms with Crippen molar-refractivity contribution in [1.29, 1.82) is 0 Å². The van der Waals surface area contributed by atoms with E-state index < -0.39 is 0 Å². The molecule has 2 N–H and O–H groups in total. The number of fused-ring (bicyclic) bond motifs is 1. The lowest BCUT2D eigenvalue weighted by molar-refractivity contribution is -0.113. The SMILES string of the molecule is O=C1CSc2ccc(C(=O)NCCCN3CCC(Cc4ccccc4)CC3)cc2N1. The molecule has 0 radical (unpaired) electrons. The number of piperidine rings is 1. The Balaban J connectivity index is 1.15. The average molecular weight is 424 g/mol. The van der Waals surface area contributed by atoms with Crippen LogP contribution in [0.25, 0.3) is 0 Å². The largest absolute Gasteiger partial charge is 0.352 e. The second kappa shape index (κ2) is 10.1. The molecule has 30 heavy (non-hydrogen) atoms. The molecule has 0 bridgehead atoms. The summed E-state index contributed by atoms with van der Waals surface area (Å²) in [5.41, 5.74) is 2.78. The minimum atomic E-state index is -0.0795. The summed E-state index contributed by atoms with van der Waals surface area (Å²) in [7, 11) is 0. The van der Waals surface area contributed by atoms with Crippen LogP contribution in [0.15, 0.2) is 53.4 Å². The van der Waals surface area contributed by atoms with Gasteiger partial charge in [-0.25, -0.2) is 0 Å². The predicted molar refractivity (Wildman–Crippen MR) is 122 cm³/mol. The molecule has 0 aromatic heterocycles. The van der Waals surface area contributed by atoms with Gasteiger partial charge in [-0.1, -0.05) is 30.3 Å². The second-order valence-corrected chi connectivity index (χ2v) is 9.15. The number of benzene rings is 2. The van der Waals surface area contributed by atoms with E-state index in [1.807, 2.05) is 12.1 Å². The third kappa shape index (κ3) is 5.64. The van der Waals surface area contributed by atoms with E-state index in [4.69, 9.17) is 0 Å². The highest BCUT2D eigenvalue weighted by atomic mass is 32.2. The molecule has 2 aliphatic rings. The highest BCUT2D eigenvalue weighted by Crippen LogP contribution is 2.31. The topological polar surface area (TPSA) is 61.4 Å². The fourth-order valence-corrected chi connectivity index (χ4v) is 4.98. The third-order valence-electron chi connectivity index (χ3n) is 5.89. The lowest BCUT2D eigenvalue weighted by Gasteiger charge is -2.32. The molecule has 2 aliphatic heterocycles. The minimum absolute atomic E-state index is 0.0161. The lowest BCUT2D eigenvalue weighted by atomic mass is 9.90. The Hall–Kier alpha value is -2.31. The Bertz CT molecular complexity index is 879. The van der Waals surface area contributed by atoms with Crippen molar-refractivity contribution < 1.29 is 9.59 Å². The van der Waals surface area contributed by atoms with Crippen molar-refractivity contribution in [2.24, 2.45) is 5.92 Å². The van der Waals surface area contributed by atoms with Gasteiger partial charge in [-0.15, -0.1) is 11.8 Å². The highest BCUT2D eigenvalue weighted by molar-refractivity contribution is 8.00. The summed E-state index contributed by atoms with van der Waals surface area (Å²) in [5, 5.41) is 5.85. The number of carbonyl (C=O) groups is 2. The highest BCUT2D eigenvalue weighted by Gasteiger charge is 2.20. The molecule has 0 atom stereocenters. The van der Waals surface area contributed by atoms with Crippen molar-refractivity contribution in [1.82, 2.24) is 10.2 Å². The number of amides is 2. The predicted octanol–water partition coefficient (Wildman–Crippen LogP) is 3.81. The number of anilines is 1. The molecule has 6 heteroatoms. The van der Waals surface area contributed by atoms with E-state index in [-0.39, 0.29) is 11.8 Å². The van der Waals surface area contributed by atoms with Gasteiger partial charge in [-0.3, -0.25) is 9.59 Å². The van der Waals surface area contributed by atoms with Crippen LogP contribution < -0.4 is 10.6 Å². The fraction of sp³-hybridized carbons (Fsp3) is 0.417. The number of likely N-dealkylation sites (tertiary alicyclic amines) is 1. The first-order valence-electron chi connectivity index (χ1n) is 10.8. The van der Waals surface area contributed by atoms with Crippen LogP contribution in [-0.4, -0.2) is 48.6 Å². The van der Waals surface area contributed by atoms with Gasteiger partial charge in [-0.05, 0) is 75.0 Å². The first-order chi connectivity index (χ1) is 14.7. The smallest absolute Gasteiger partial charge is 0.251 e. The van der Waals surface area contributed by atoms with Crippen LogP contribution in [0.4, 0.5) is 5.69 Å². The fourth-order valence-electron chi connectivity index (χ4n) is 4.19. The molecular formula is C24H29N3O2S. The van der Waals surface area contributed by atoms with E-state index in [0.717, 1.165) is 42.6 Å². The molecule has 5 nitrogen and oxygen atoms in total. The standard InChI is InChI=1S/C24H29N3O2S/c28-23-17-30-22-8-7-20(16-21(22)26-23)24(29)25-11-4-12-27-13-9-19(10-14-27)15-18-5-2-1-3-6-18/h1-3,5-8,16,19H,4,9-15,17H2,(H,25,29)(H,26,28). The van der Waals surface area contributed by atoms with Crippen molar-refractivity contribution in [2.75, 3.05) is 37.2 Å². The number of thioether (sulfide) groups is 1. The molecule has 1 fully saturated rings. The van der Waals surface area contributed by atoms with Crippen molar-refractivity contribution in [3.63, 3.8) is 0 Å². The number of rotatable bonds is 7. The molecule has 158 valence electrons. The molecule has 0 unspecified atom stereocenters. The van der Waals surface area contributed by atoms with Crippen LogP contribution in [0.2, 0.25) is 0 Å². The lowest BCUT2D eigenvalue weighted by Crippen LogP contribution is -2.36. The van der Waals surface area contributed by atoms with Crippen LogP contribution in [0, 0.1) is 5.92 Å². The van der Waals surface area contributed by atoms with Gasteiger partial charge in [0.2, 0.25) is 5.91 Å². The summed E-state index contributed by atoms with van der Waals surface area (Å²) in [4.78, 5) is 27.5. The monoisotopic (exact) mass is 423 g/mol. The van der Waals surface area contributed by atoms with Crippen molar-refractivity contribution in [3.05, 3.63) is 59.7 Å². The van der Waals surface area contributed by atoms with E-state index in [1.54, 1.807) is 6.07 Å². The number of hydrogen-bond donors (Lipinski definition) is 2. The molecule has 0 saturated carbocycles. The average Bonchev–Trinajstić information content (AvgIpc) is 2.78. The Labute approximate surface area is 182 Å². The summed E-state index contributed by atoms with van der Waals surface area (Å²) in [6.07, 6.45) is 4.64. The molecule has 2 heterocycles. The number of hydrogen-bond acceptors (Lipinski definition) is 4. The maximum atomic E-state index is 12.4. The van der Waals surface area contributed by atoms with E-state index in [2.05, 4.69) is 45.9 Å². The van der Waals surface area contributed by atoms with E-state index in [1.165, 1.54) is 36.6 Å². The Kier molecular flexibility index (Phi) is 7.07. The zero-order valence-corrected chi connectivity index (χ0v) is 18.0. The Morgan fingerprint density at radius 3 is 2.73 bits per heavy atom. The van der Waals surface area contributed by atoms with Crippen LogP contribution in [0.1, 0.15) is 35.2 Å². The second-order valence-electron chi connectivity index (χ2n) is 8.13. The van der Waals surface area contributed by atoms with Crippen molar-refractivity contribution in [3.8, 4) is 0 Å². The van der Waals surface area contributed by atoms with E-state index >= 15 is 0 Å². The van der Waals surface area contributed by atoms with Gasteiger partial charge < -0.3 is 15.5 Å². The summed E-state index contributed by atoms with van der Waals surface area (Å²) in [6.45, 7) is 3.98. The first-order valence-corrected chi connectivity index (χ1v) is 11.8.